The van der Waals surface area contributed by atoms with E-state index >= 15 is 8.78 Å². The number of pyridine rings is 1. The molecule has 48 heavy (non-hydrogen) atoms. The minimum absolute atomic E-state index is 0.00602. The number of benzene rings is 2. The maximum absolute atomic E-state index is 16.1. The topological polar surface area (TPSA) is 87.3 Å². The number of hydrogen-bond acceptors (Lipinski definition) is 7. The smallest absolute Gasteiger partial charge is 0.246 e. The number of carbonyl (C=O) groups excluding carboxylic acids is 1. The van der Waals surface area contributed by atoms with Gasteiger partial charge in [-0.05, 0) is 32.1 Å². The van der Waals surface area contributed by atoms with E-state index in [0.717, 1.165) is 34.4 Å². The molecule has 2 unspecified atom stereocenters. The van der Waals surface area contributed by atoms with Crippen molar-refractivity contribution in [1.82, 2.24) is 29.4 Å². The average Bonchev–Trinajstić information content (AvgIpc) is 3.76. The number of hydrogen-bond donors (Lipinski definition) is 0. The summed E-state index contributed by atoms with van der Waals surface area (Å²) in [7, 11) is 3.31. The molecule has 0 radical (unpaired) electrons. The van der Waals surface area contributed by atoms with Crippen molar-refractivity contribution in [1.29, 1.82) is 0 Å². The fourth-order valence-electron chi connectivity index (χ4n) is 6.54. The summed E-state index contributed by atoms with van der Waals surface area (Å²) in [5.41, 5.74) is 2.97. The predicted molar refractivity (Wildman–Crippen MR) is 178 cm³/mol. The van der Waals surface area contributed by atoms with Gasteiger partial charge in [0.1, 0.15) is 41.2 Å². The van der Waals surface area contributed by atoms with Crippen molar-refractivity contribution in [2.24, 2.45) is 7.05 Å². The van der Waals surface area contributed by atoms with E-state index in [-0.39, 0.29) is 59.2 Å². The largest absolute Gasteiger partial charge is 0.490 e. The van der Waals surface area contributed by atoms with Crippen molar-refractivity contribution in [2.75, 3.05) is 20.3 Å². The number of aryl methyl sites for hydroxylation is 1. The van der Waals surface area contributed by atoms with E-state index in [4.69, 9.17) is 19.6 Å². The highest BCUT2D eigenvalue weighted by Crippen LogP contribution is 2.48. The SMILES string of the molecule is C=CC(=O)N1C(C)Cn2nc(-c3nc(-c4ccc5cn(C)nc5c4)c4scc(F)c4c3-c3c(F)cc(F)cc3OCCOC)cc2C1C. The zero-order valence-corrected chi connectivity index (χ0v) is 27.4. The third-order valence-corrected chi connectivity index (χ3v) is 9.58. The summed E-state index contributed by atoms with van der Waals surface area (Å²) in [5.74, 6) is -2.76. The monoisotopic (exact) mass is 672 g/mol. The van der Waals surface area contributed by atoms with Gasteiger partial charge in [-0.15, -0.1) is 11.3 Å². The molecule has 246 valence electrons. The van der Waals surface area contributed by atoms with Crippen LogP contribution >= 0.6 is 11.3 Å². The van der Waals surface area contributed by atoms with Crippen LogP contribution in [0.2, 0.25) is 0 Å². The molecule has 0 saturated heterocycles. The van der Waals surface area contributed by atoms with Gasteiger partial charge in [-0.25, -0.2) is 18.2 Å². The Bertz CT molecular complexity index is 2240. The molecular formula is C35H31F3N6O3S. The maximum Gasteiger partial charge on any atom is 0.246 e. The van der Waals surface area contributed by atoms with Crippen LogP contribution in [0.15, 0.2) is 60.6 Å². The van der Waals surface area contributed by atoms with Gasteiger partial charge in [-0.1, -0.05) is 18.7 Å². The first-order valence-corrected chi connectivity index (χ1v) is 16.2. The highest BCUT2D eigenvalue weighted by molar-refractivity contribution is 7.17. The molecule has 6 aromatic rings. The summed E-state index contributed by atoms with van der Waals surface area (Å²) >= 11 is 1.13. The van der Waals surface area contributed by atoms with Crippen molar-refractivity contribution >= 4 is 38.2 Å². The third kappa shape index (κ3) is 5.23. The van der Waals surface area contributed by atoms with Crippen LogP contribution in [0, 0.1) is 17.5 Å². The van der Waals surface area contributed by atoms with Crippen LogP contribution in [-0.2, 0) is 23.1 Å². The Morgan fingerprint density at radius 1 is 1.06 bits per heavy atom. The lowest BCUT2D eigenvalue weighted by molar-refractivity contribution is -0.131. The van der Waals surface area contributed by atoms with Gasteiger partial charge in [-0.3, -0.25) is 14.2 Å². The molecule has 0 N–H and O–H groups in total. The Balaban J connectivity index is 1.54. The van der Waals surface area contributed by atoms with Crippen LogP contribution in [0.3, 0.4) is 0 Å². The van der Waals surface area contributed by atoms with Gasteiger partial charge in [0.05, 0.1) is 46.4 Å². The van der Waals surface area contributed by atoms with E-state index in [9.17, 15) is 9.18 Å². The molecule has 2 atom stereocenters. The van der Waals surface area contributed by atoms with Gasteiger partial charge < -0.3 is 14.4 Å². The minimum atomic E-state index is -0.950. The van der Waals surface area contributed by atoms with Crippen LogP contribution in [0.4, 0.5) is 13.2 Å². The third-order valence-electron chi connectivity index (χ3n) is 8.62. The van der Waals surface area contributed by atoms with Gasteiger partial charge in [0, 0.05) is 65.8 Å². The second-order valence-electron chi connectivity index (χ2n) is 11.8. The highest BCUT2D eigenvalue weighted by atomic mass is 32.1. The molecule has 2 aromatic carbocycles. The van der Waals surface area contributed by atoms with Crippen molar-refractivity contribution < 1.29 is 27.4 Å². The molecule has 1 amide bonds. The second kappa shape index (κ2) is 12.2. The second-order valence-corrected chi connectivity index (χ2v) is 12.6. The number of methoxy groups -OCH3 is 1. The first-order valence-electron chi connectivity index (χ1n) is 15.3. The minimum Gasteiger partial charge on any atom is -0.490 e. The fraction of sp³-hybridized carbons (Fsp3) is 0.257. The van der Waals surface area contributed by atoms with Crippen molar-refractivity contribution in [3.63, 3.8) is 0 Å². The number of aromatic nitrogens is 5. The van der Waals surface area contributed by atoms with E-state index < -0.39 is 17.5 Å². The summed E-state index contributed by atoms with van der Waals surface area (Å²) in [5, 5.41) is 11.8. The molecule has 0 bridgehead atoms. The van der Waals surface area contributed by atoms with E-state index in [2.05, 4.69) is 11.7 Å². The van der Waals surface area contributed by atoms with Gasteiger partial charge in [0.15, 0.2) is 0 Å². The quantitative estimate of drug-likeness (QED) is 0.125. The first-order chi connectivity index (χ1) is 23.1. The highest BCUT2D eigenvalue weighted by Gasteiger charge is 2.35. The molecule has 0 saturated carbocycles. The predicted octanol–water partition coefficient (Wildman–Crippen LogP) is 7.30. The number of nitrogens with zero attached hydrogens (tertiary/aromatic N) is 6. The maximum atomic E-state index is 16.1. The number of carbonyl (C=O) groups is 1. The molecule has 1 aliphatic rings. The molecular weight excluding hydrogens is 641 g/mol. The number of thiophene rings is 1. The summed E-state index contributed by atoms with van der Waals surface area (Å²) in [6.07, 6.45) is 3.17. The Kier molecular flexibility index (Phi) is 8.04. The van der Waals surface area contributed by atoms with Crippen molar-refractivity contribution in [3.05, 3.63) is 83.8 Å². The van der Waals surface area contributed by atoms with Gasteiger partial charge in [-0.2, -0.15) is 10.2 Å². The van der Waals surface area contributed by atoms with Crippen LogP contribution in [0.25, 0.3) is 54.8 Å². The Hall–Kier alpha value is -5.01. The molecule has 0 aliphatic carbocycles. The molecule has 5 heterocycles. The normalized spacial score (nSPS) is 16.1. The zero-order valence-electron chi connectivity index (χ0n) is 26.6. The molecule has 9 nitrogen and oxygen atoms in total. The molecule has 13 heteroatoms. The van der Waals surface area contributed by atoms with Crippen LogP contribution in [0.1, 0.15) is 25.6 Å². The Morgan fingerprint density at radius 2 is 1.88 bits per heavy atom. The molecule has 0 fully saturated rings. The molecule has 0 spiro atoms. The summed E-state index contributed by atoms with van der Waals surface area (Å²) in [6, 6.07) is 8.66. The lowest BCUT2D eigenvalue weighted by Gasteiger charge is -2.38. The number of halogens is 3. The fourth-order valence-corrected chi connectivity index (χ4v) is 7.47. The van der Waals surface area contributed by atoms with Gasteiger partial charge >= 0.3 is 0 Å². The van der Waals surface area contributed by atoms with E-state index in [1.165, 1.54) is 18.6 Å². The molecule has 1 aliphatic heterocycles. The van der Waals surface area contributed by atoms with Crippen LogP contribution in [-0.4, -0.2) is 61.7 Å². The standard InChI is InChI=1S/C35H31F3N6O3S/c1-6-29(45)44-18(2)15-43-27(19(44)3)14-26(41-43)34-32(30-23(37)12-22(36)13-28(30)47-10-9-46-5)31-24(38)17-48-35(31)33(39-34)20-7-8-21-16-42(4)40-25(21)11-20/h6-8,11-14,16-19H,1,9-10,15H2,2-5H3. The number of amides is 1. The molecule has 4 aromatic heterocycles. The van der Waals surface area contributed by atoms with E-state index in [1.54, 1.807) is 20.3 Å². The summed E-state index contributed by atoms with van der Waals surface area (Å²) < 4.78 is 61.8. The zero-order chi connectivity index (χ0) is 33.9. The van der Waals surface area contributed by atoms with E-state index in [0.29, 0.717) is 33.9 Å². The summed E-state index contributed by atoms with van der Waals surface area (Å²) in [6.45, 7) is 7.99. The number of ether oxygens (including phenoxy) is 2. The van der Waals surface area contributed by atoms with Crippen LogP contribution in [0.5, 0.6) is 5.75 Å². The average molecular weight is 673 g/mol. The van der Waals surface area contributed by atoms with Gasteiger partial charge in [0.25, 0.3) is 0 Å². The number of fused-ring (bicyclic) bond motifs is 3. The van der Waals surface area contributed by atoms with Crippen molar-refractivity contribution in [3.8, 4) is 39.5 Å². The van der Waals surface area contributed by atoms with Crippen LogP contribution < -0.4 is 4.74 Å². The lowest BCUT2D eigenvalue weighted by atomic mass is 9.94. The Labute approximate surface area is 277 Å². The summed E-state index contributed by atoms with van der Waals surface area (Å²) in [4.78, 5) is 19.6. The molecule has 7 rings (SSSR count). The first kappa shape index (κ1) is 31.6. The van der Waals surface area contributed by atoms with Crippen molar-refractivity contribution in [2.45, 2.75) is 32.5 Å². The number of rotatable bonds is 8. The Morgan fingerprint density at radius 3 is 2.65 bits per heavy atom. The van der Waals surface area contributed by atoms with E-state index in [1.807, 2.05) is 45.3 Å². The lowest BCUT2D eigenvalue weighted by Crippen LogP contribution is -2.46. The van der Waals surface area contributed by atoms with Gasteiger partial charge in [0.2, 0.25) is 5.91 Å².